The predicted octanol–water partition coefficient (Wildman–Crippen LogP) is 6.73. The van der Waals surface area contributed by atoms with Gasteiger partial charge in [0.25, 0.3) is 0 Å². The molecule has 36 heavy (non-hydrogen) atoms. The van der Waals surface area contributed by atoms with Gasteiger partial charge in [0.15, 0.2) is 0 Å². The minimum absolute atomic E-state index is 0.893. The van der Waals surface area contributed by atoms with E-state index in [1.54, 1.807) is 0 Å². The van der Waals surface area contributed by atoms with Gasteiger partial charge in [-0.25, -0.2) is 4.98 Å². The molecule has 2 aromatic heterocycles. The summed E-state index contributed by atoms with van der Waals surface area (Å²) in [5, 5.41) is 1.14. The standard InChI is InChI=1S/C31H27N5/c1-32-30-26(31-33-27-16-10-11-17-28(27)34(31)2)20-22-18-19-25(21-29(22)35(30)3)36(23-12-6-4-7-13-23)24-14-8-5-9-15-24/h4-21H,1-3H3. The van der Waals surface area contributed by atoms with Gasteiger partial charge in [0, 0.05) is 38.2 Å². The second-order valence-electron chi connectivity index (χ2n) is 8.90. The summed E-state index contributed by atoms with van der Waals surface area (Å²) in [6, 6.07) is 38.0. The maximum atomic E-state index is 4.95. The van der Waals surface area contributed by atoms with Crippen molar-refractivity contribution in [3.05, 3.63) is 115 Å². The number of para-hydroxylation sites is 4. The summed E-state index contributed by atoms with van der Waals surface area (Å²) >= 11 is 0. The van der Waals surface area contributed by atoms with E-state index in [1.807, 2.05) is 31.3 Å². The smallest absolute Gasteiger partial charge is 0.144 e. The van der Waals surface area contributed by atoms with Crippen molar-refractivity contribution in [3.8, 4) is 11.4 Å². The Morgan fingerprint density at radius 2 is 1.28 bits per heavy atom. The Morgan fingerprint density at radius 3 is 1.92 bits per heavy atom. The monoisotopic (exact) mass is 469 g/mol. The first-order valence-electron chi connectivity index (χ1n) is 12.0. The minimum atomic E-state index is 0.893. The molecule has 0 saturated heterocycles. The van der Waals surface area contributed by atoms with Crippen molar-refractivity contribution in [3.63, 3.8) is 0 Å². The molecule has 0 aliphatic carbocycles. The molecule has 0 unspecified atom stereocenters. The minimum Gasteiger partial charge on any atom is -0.329 e. The van der Waals surface area contributed by atoms with E-state index in [1.165, 1.54) is 0 Å². The Labute approximate surface area is 210 Å². The summed E-state index contributed by atoms with van der Waals surface area (Å²) in [4.78, 5) is 11.9. The predicted molar refractivity (Wildman–Crippen MR) is 149 cm³/mol. The third-order valence-corrected chi connectivity index (χ3v) is 6.76. The van der Waals surface area contributed by atoms with E-state index >= 15 is 0 Å². The molecule has 0 spiro atoms. The lowest BCUT2D eigenvalue weighted by atomic mass is 10.1. The van der Waals surface area contributed by atoms with E-state index in [-0.39, 0.29) is 0 Å². The number of rotatable bonds is 4. The van der Waals surface area contributed by atoms with Crippen LogP contribution in [0.15, 0.2) is 114 Å². The Bertz CT molecular complexity index is 1720. The molecule has 0 saturated carbocycles. The summed E-state index contributed by atoms with van der Waals surface area (Å²) in [7, 11) is 5.99. The maximum Gasteiger partial charge on any atom is 0.144 e. The molecule has 5 nitrogen and oxygen atoms in total. The second-order valence-corrected chi connectivity index (χ2v) is 8.90. The molecule has 6 aromatic rings. The highest BCUT2D eigenvalue weighted by Gasteiger charge is 2.17. The summed E-state index contributed by atoms with van der Waals surface area (Å²) < 4.78 is 4.31. The lowest BCUT2D eigenvalue weighted by molar-refractivity contribution is 0.860. The number of nitrogens with zero attached hydrogens (tertiary/aromatic N) is 5. The van der Waals surface area contributed by atoms with Crippen LogP contribution in [0.5, 0.6) is 0 Å². The molecule has 0 bridgehead atoms. The van der Waals surface area contributed by atoms with Crippen LogP contribution in [0.4, 0.5) is 17.1 Å². The number of fused-ring (bicyclic) bond motifs is 2. The fraction of sp³-hybridized carbons (Fsp3) is 0.0968. The first kappa shape index (κ1) is 21.9. The molecule has 0 aliphatic heterocycles. The van der Waals surface area contributed by atoms with Crippen molar-refractivity contribution in [1.29, 1.82) is 0 Å². The van der Waals surface area contributed by atoms with Crippen LogP contribution in [0.25, 0.3) is 33.3 Å². The molecule has 0 amide bonds. The first-order valence-corrected chi connectivity index (χ1v) is 12.0. The van der Waals surface area contributed by atoms with Gasteiger partial charge in [-0.15, -0.1) is 0 Å². The number of benzene rings is 4. The number of aromatic nitrogens is 3. The number of pyridine rings is 1. The van der Waals surface area contributed by atoms with Crippen molar-refractivity contribution >= 4 is 39.0 Å². The van der Waals surface area contributed by atoms with Gasteiger partial charge in [0.1, 0.15) is 11.3 Å². The Kier molecular flexibility index (Phi) is 5.38. The van der Waals surface area contributed by atoms with E-state index in [0.717, 1.165) is 55.9 Å². The van der Waals surface area contributed by atoms with Crippen molar-refractivity contribution in [2.45, 2.75) is 0 Å². The molecular weight excluding hydrogens is 442 g/mol. The average Bonchev–Trinajstić information content (AvgIpc) is 3.26. The molecule has 0 radical (unpaired) electrons. The fourth-order valence-electron chi connectivity index (χ4n) is 5.02. The van der Waals surface area contributed by atoms with Crippen LogP contribution in [0, 0.1) is 0 Å². The summed E-state index contributed by atoms with van der Waals surface area (Å²) in [5.74, 6) is 0.911. The summed E-state index contributed by atoms with van der Waals surface area (Å²) in [5.41, 5.74) is 8.42. The van der Waals surface area contributed by atoms with E-state index in [0.29, 0.717) is 0 Å². The van der Waals surface area contributed by atoms with Crippen molar-refractivity contribution in [2.24, 2.45) is 19.1 Å². The topological polar surface area (TPSA) is 38.4 Å². The molecule has 0 atom stereocenters. The number of imidazole rings is 1. The zero-order valence-corrected chi connectivity index (χ0v) is 20.6. The number of aryl methyl sites for hydroxylation is 2. The van der Waals surface area contributed by atoms with Gasteiger partial charge in [-0.1, -0.05) is 54.6 Å². The first-order chi connectivity index (χ1) is 17.7. The normalized spacial score (nSPS) is 11.9. The fourth-order valence-corrected chi connectivity index (χ4v) is 5.02. The van der Waals surface area contributed by atoms with Gasteiger partial charge in [-0.05, 0) is 60.0 Å². The lowest BCUT2D eigenvalue weighted by Crippen LogP contribution is -2.22. The molecule has 0 N–H and O–H groups in total. The number of anilines is 3. The third-order valence-electron chi connectivity index (χ3n) is 6.76. The van der Waals surface area contributed by atoms with Gasteiger partial charge in [-0.2, -0.15) is 0 Å². The van der Waals surface area contributed by atoms with Crippen LogP contribution in [0.2, 0.25) is 0 Å². The quantitative estimate of drug-likeness (QED) is 0.287. The van der Waals surface area contributed by atoms with E-state index < -0.39 is 0 Å². The van der Waals surface area contributed by atoms with Gasteiger partial charge in [-0.3, -0.25) is 4.99 Å². The molecule has 0 aliphatic rings. The highest BCUT2D eigenvalue weighted by Crippen LogP contribution is 2.36. The van der Waals surface area contributed by atoms with Crippen LogP contribution in [0.1, 0.15) is 0 Å². The zero-order valence-electron chi connectivity index (χ0n) is 20.6. The second kappa shape index (κ2) is 8.86. The van der Waals surface area contributed by atoms with E-state index in [4.69, 9.17) is 9.98 Å². The number of hydrogen-bond acceptors (Lipinski definition) is 3. The Balaban J connectivity index is 1.57. The van der Waals surface area contributed by atoms with Gasteiger partial charge < -0.3 is 14.0 Å². The molecular formula is C31H27N5. The van der Waals surface area contributed by atoms with Crippen LogP contribution in [-0.2, 0) is 14.1 Å². The molecule has 6 rings (SSSR count). The number of hydrogen-bond donors (Lipinski definition) is 0. The van der Waals surface area contributed by atoms with Crippen LogP contribution in [0.3, 0.4) is 0 Å². The largest absolute Gasteiger partial charge is 0.329 e. The molecule has 5 heteroatoms. The van der Waals surface area contributed by atoms with Crippen molar-refractivity contribution in [2.75, 3.05) is 11.9 Å². The average molecular weight is 470 g/mol. The van der Waals surface area contributed by atoms with Crippen LogP contribution in [-0.4, -0.2) is 21.2 Å². The van der Waals surface area contributed by atoms with Gasteiger partial charge in [0.2, 0.25) is 0 Å². The van der Waals surface area contributed by atoms with Gasteiger partial charge >= 0.3 is 0 Å². The molecule has 2 heterocycles. The SMILES string of the molecule is CN=c1c(-c2nc3ccccc3n2C)cc2ccc(N(c3ccccc3)c3ccccc3)cc2n1C. The van der Waals surface area contributed by atoms with Crippen LogP contribution >= 0.6 is 0 Å². The Morgan fingerprint density at radius 1 is 0.639 bits per heavy atom. The third kappa shape index (κ3) is 3.57. The van der Waals surface area contributed by atoms with Crippen molar-refractivity contribution < 1.29 is 0 Å². The lowest BCUT2D eigenvalue weighted by Gasteiger charge is -2.26. The summed E-state index contributed by atoms with van der Waals surface area (Å²) in [6.45, 7) is 0. The van der Waals surface area contributed by atoms with Gasteiger partial charge in [0.05, 0.1) is 22.1 Å². The Hall–Kier alpha value is -4.64. The van der Waals surface area contributed by atoms with E-state index in [9.17, 15) is 0 Å². The highest BCUT2D eigenvalue weighted by atomic mass is 15.1. The molecule has 176 valence electrons. The summed E-state index contributed by atoms with van der Waals surface area (Å²) in [6.07, 6.45) is 0. The van der Waals surface area contributed by atoms with E-state index in [2.05, 4.69) is 113 Å². The highest BCUT2D eigenvalue weighted by molar-refractivity contribution is 5.90. The maximum absolute atomic E-state index is 4.95. The molecule has 4 aromatic carbocycles. The molecule has 0 fully saturated rings. The van der Waals surface area contributed by atoms with Crippen LogP contribution < -0.4 is 10.4 Å². The zero-order chi connectivity index (χ0) is 24.6. The van der Waals surface area contributed by atoms with Crippen molar-refractivity contribution in [1.82, 2.24) is 14.1 Å².